The largest absolute Gasteiger partial charge is 0.353 e. The van der Waals surface area contributed by atoms with Crippen LogP contribution in [0, 0.1) is 0 Å². The molecule has 1 aromatic carbocycles. The van der Waals surface area contributed by atoms with Crippen molar-refractivity contribution < 1.29 is 13.2 Å². The SMILES string of the molecule is CS(=O)(=O)N(CCC(=O)NC1CCCC1)c1cc(Cl)ccc1Cl. The van der Waals surface area contributed by atoms with E-state index in [1.165, 1.54) is 12.1 Å². The molecule has 8 heteroatoms. The van der Waals surface area contributed by atoms with Crippen molar-refractivity contribution in [3.05, 3.63) is 28.2 Å². The van der Waals surface area contributed by atoms with Crippen molar-refractivity contribution in [1.29, 1.82) is 0 Å². The second kappa shape index (κ2) is 7.73. The summed E-state index contributed by atoms with van der Waals surface area (Å²) < 4.78 is 25.2. The predicted molar refractivity (Wildman–Crippen MR) is 93.7 cm³/mol. The van der Waals surface area contributed by atoms with Crippen molar-refractivity contribution >= 4 is 44.8 Å². The van der Waals surface area contributed by atoms with Crippen LogP contribution in [-0.4, -0.2) is 33.2 Å². The van der Waals surface area contributed by atoms with Gasteiger partial charge in [0.05, 0.1) is 17.0 Å². The van der Waals surface area contributed by atoms with Crippen LogP contribution in [0.2, 0.25) is 10.0 Å². The van der Waals surface area contributed by atoms with Crippen LogP contribution in [0.25, 0.3) is 0 Å². The zero-order valence-corrected chi connectivity index (χ0v) is 15.2. The van der Waals surface area contributed by atoms with Gasteiger partial charge in [-0.2, -0.15) is 0 Å². The van der Waals surface area contributed by atoms with E-state index >= 15 is 0 Å². The monoisotopic (exact) mass is 378 g/mol. The summed E-state index contributed by atoms with van der Waals surface area (Å²) in [6, 6.07) is 4.82. The van der Waals surface area contributed by atoms with Gasteiger partial charge < -0.3 is 5.32 Å². The number of sulfonamides is 1. The van der Waals surface area contributed by atoms with Crippen molar-refractivity contribution in [2.24, 2.45) is 0 Å². The van der Waals surface area contributed by atoms with E-state index in [0.717, 1.165) is 36.2 Å². The molecule has 2 rings (SSSR count). The van der Waals surface area contributed by atoms with Gasteiger partial charge in [0.2, 0.25) is 15.9 Å². The molecule has 0 aliphatic heterocycles. The summed E-state index contributed by atoms with van der Waals surface area (Å²) in [6.07, 6.45) is 5.38. The van der Waals surface area contributed by atoms with Crippen LogP contribution in [-0.2, 0) is 14.8 Å². The molecular formula is C15H20Cl2N2O3S. The third kappa shape index (κ3) is 5.26. The Balaban J connectivity index is 2.07. The first kappa shape index (κ1) is 18.4. The Morgan fingerprint density at radius 1 is 1.30 bits per heavy atom. The lowest BCUT2D eigenvalue weighted by atomic mass is 10.2. The molecule has 1 fully saturated rings. The molecule has 0 radical (unpaired) electrons. The standard InChI is InChI=1S/C15H20Cl2N2O3S/c1-23(21,22)19(14-10-11(16)6-7-13(14)17)9-8-15(20)18-12-4-2-3-5-12/h6-7,10,12H,2-5,8-9H2,1H3,(H,18,20). The molecule has 1 amide bonds. The molecule has 0 aromatic heterocycles. The number of hydrogen-bond acceptors (Lipinski definition) is 3. The number of carbonyl (C=O) groups excluding carboxylic acids is 1. The highest BCUT2D eigenvalue weighted by Gasteiger charge is 2.23. The van der Waals surface area contributed by atoms with E-state index in [1.54, 1.807) is 6.07 Å². The lowest BCUT2D eigenvalue weighted by Crippen LogP contribution is -2.37. The highest BCUT2D eigenvalue weighted by Crippen LogP contribution is 2.30. The first-order valence-electron chi connectivity index (χ1n) is 7.49. The van der Waals surface area contributed by atoms with Crippen molar-refractivity contribution in [3.8, 4) is 0 Å². The Morgan fingerprint density at radius 3 is 2.57 bits per heavy atom. The lowest BCUT2D eigenvalue weighted by Gasteiger charge is -2.23. The van der Waals surface area contributed by atoms with Crippen LogP contribution in [0.5, 0.6) is 0 Å². The van der Waals surface area contributed by atoms with Crippen LogP contribution < -0.4 is 9.62 Å². The highest BCUT2D eigenvalue weighted by molar-refractivity contribution is 7.92. The summed E-state index contributed by atoms with van der Waals surface area (Å²) in [6.45, 7) is 0.0252. The van der Waals surface area contributed by atoms with E-state index in [9.17, 15) is 13.2 Å². The molecule has 0 bridgehead atoms. The molecule has 1 aliphatic carbocycles. The number of anilines is 1. The van der Waals surface area contributed by atoms with Crippen LogP contribution in [0.1, 0.15) is 32.1 Å². The maximum absolute atomic E-state index is 12.0. The maximum Gasteiger partial charge on any atom is 0.232 e. The van der Waals surface area contributed by atoms with Crippen LogP contribution in [0.3, 0.4) is 0 Å². The Bertz CT molecular complexity index is 673. The smallest absolute Gasteiger partial charge is 0.232 e. The molecule has 1 aromatic rings. The van der Waals surface area contributed by atoms with Gasteiger partial charge in [0.1, 0.15) is 0 Å². The van der Waals surface area contributed by atoms with Crippen molar-refractivity contribution in [3.63, 3.8) is 0 Å². The number of hydrogen-bond donors (Lipinski definition) is 1. The fourth-order valence-corrected chi connectivity index (χ4v) is 4.08. The average Bonchev–Trinajstić information content (AvgIpc) is 2.94. The maximum atomic E-state index is 12.0. The van der Waals surface area contributed by atoms with E-state index in [-0.39, 0.29) is 35.6 Å². The third-order valence-electron chi connectivity index (χ3n) is 3.84. The lowest BCUT2D eigenvalue weighted by molar-refractivity contribution is -0.121. The van der Waals surface area contributed by atoms with E-state index < -0.39 is 10.0 Å². The molecule has 1 N–H and O–H groups in total. The van der Waals surface area contributed by atoms with Crippen LogP contribution in [0.15, 0.2) is 18.2 Å². The van der Waals surface area contributed by atoms with Gasteiger partial charge in [0.25, 0.3) is 0 Å². The Kier molecular flexibility index (Phi) is 6.17. The molecular weight excluding hydrogens is 359 g/mol. The number of amides is 1. The Morgan fingerprint density at radius 2 is 1.96 bits per heavy atom. The predicted octanol–water partition coefficient (Wildman–Crippen LogP) is 3.21. The second-order valence-corrected chi connectivity index (χ2v) is 8.48. The van der Waals surface area contributed by atoms with Crippen LogP contribution >= 0.6 is 23.2 Å². The Labute approximate surface area is 147 Å². The molecule has 128 valence electrons. The zero-order chi connectivity index (χ0) is 17.0. The van der Waals surface area contributed by atoms with E-state index in [0.29, 0.717) is 5.02 Å². The summed E-state index contributed by atoms with van der Waals surface area (Å²) in [4.78, 5) is 12.0. The van der Waals surface area contributed by atoms with Gasteiger partial charge >= 0.3 is 0 Å². The van der Waals surface area contributed by atoms with Crippen molar-refractivity contribution in [2.45, 2.75) is 38.1 Å². The summed E-state index contributed by atoms with van der Waals surface area (Å²) in [7, 11) is -3.57. The molecule has 5 nitrogen and oxygen atoms in total. The van der Waals surface area contributed by atoms with Gasteiger partial charge in [0, 0.05) is 24.0 Å². The van der Waals surface area contributed by atoms with Gasteiger partial charge in [-0.15, -0.1) is 0 Å². The number of rotatable bonds is 6. The fourth-order valence-electron chi connectivity index (χ4n) is 2.71. The molecule has 0 spiro atoms. The first-order chi connectivity index (χ1) is 10.8. The minimum absolute atomic E-state index is 0.0252. The highest BCUT2D eigenvalue weighted by atomic mass is 35.5. The molecule has 0 heterocycles. The number of nitrogens with one attached hydrogen (secondary N) is 1. The van der Waals surface area contributed by atoms with Crippen LogP contribution in [0.4, 0.5) is 5.69 Å². The number of carbonyl (C=O) groups is 1. The first-order valence-corrected chi connectivity index (χ1v) is 10.1. The van der Waals surface area contributed by atoms with Gasteiger partial charge in [-0.05, 0) is 31.0 Å². The summed E-state index contributed by atoms with van der Waals surface area (Å²) >= 11 is 12.0. The Hall–Kier alpha value is -0.980. The average molecular weight is 379 g/mol. The molecule has 23 heavy (non-hydrogen) atoms. The molecule has 0 unspecified atom stereocenters. The summed E-state index contributed by atoms with van der Waals surface area (Å²) in [5.41, 5.74) is 0.287. The number of benzene rings is 1. The van der Waals surface area contributed by atoms with Crippen molar-refractivity contribution in [1.82, 2.24) is 5.32 Å². The minimum Gasteiger partial charge on any atom is -0.353 e. The molecule has 0 atom stereocenters. The topological polar surface area (TPSA) is 66.5 Å². The third-order valence-corrected chi connectivity index (χ3v) is 5.57. The molecule has 1 aliphatic rings. The fraction of sp³-hybridized carbons (Fsp3) is 0.533. The van der Waals surface area contributed by atoms with Gasteiger partial charge in [-0.3, -0.25) is 9.10 Å². The number of halogens is 2. The number of nitrogens with zero attached hydrogens (tertiary/aromatic N) is 1. The van der Waals surface area contributed by atoms with Gasteiger partial charge in [-0.25, -0.2) is 8.42 Å². The van der Waals surface area contributed by atoms with E-state index in [4.69, 9.17) is 23.2 Å². The summed E-state index contributed by atoms with van der Waals surface area (Å²) in [5.74, 6) is -0.149. The van der Waals surface area contributed by atoms with Gasteiger partial charge in [0.15, 0.2) is 0 Å². The normalized spacial score (nSPS) is 15.6. The van der Waals surface area contributed by atoms with Gasteiger partial charge in [-0.1, -0.05) is 36.0 Å². The van der Waals surface area contributed by atoms with Crippen molar-refractivity contribution in [2.75, 3.05) is 17.1 Å². The van der Waals surface area contributed by atoms with E-state index in [2.05, 4.69) is 5.32 Å². The minimum atomic E-state index is -3.57. The molecule has 1 saturated carbocycles. The molecule has 0 saturated heterocycles. The summed E-state index contributed by atoms with van der Waals surface area (Å²) in [5, 5.41) is 3.60. The zero-order valence-electron chi connectivity index (χ0n) is 12.9. The second-order valence-electron chi connectivity index (χ2n) is 5.73. The quantitative estimate of drug-likeness (QED) is 0.826. The van der Waals surface area contributed by atoms with E-state index in [1.807, 2.05) is 0 Å².